The minimum Gasteiger partial charge on any atom is -0.497 e. The van der Waals surface area contributed by atoms with E-state index >= 15 is 0 Å². The maximum atomic E-state index is 12.5. The van der Waals surface area contributed by atoms with Crippen molar-refractivity contribution < 1.29 is 19.4 Å². The van der Waals surface area contributed by atoms with Crippen molar-refractivity contribution in [2.75, 3.05) is 50.1 Å². The summed E-state index contributed by atoms with van der Waals surface area (Å²) in [7, 11) is 1.56. The molecule has 154 valence electrons. The number of benzene rings is 2. The number of methoxy groups -OCH3 is 1. The van der Waals surface area contributed by atoms with E-state index in [1.54, 1.807) is 43.5 Å². The van der Waals surface area contributed by atoms with Crippen LogP contribution in [0.15, 0.2) is 42.5 Å². The number of carboxylic acids is 1. The fourth-order valence-corrected chi connectivity index (χ4v) is 3.54. The molecule has 1 saturated heterocycles. The highest BCUT2D eigenvalue weighted by Crippen LogP contribution is 2.26. The molecular formula is C22H27N3O4. The Kier molecular flexibility index (Phi) is 6.72. The molecule has 29 heavy (non-hydrogen) atoms. The number of anilines is 2. The zero-order chi connectivity index (χ0) is 20.8. The highest BCUT2D eigenvalue weighted by molar-refractivity contribution is 6.05. The van der Waals surface area contributed by atoms with Crippen LogP contribution >= 0.6 is 0 Å². The van der Waals surface area contributed by atoms with Gasteiger partial charge < -0.3 is 20.1 Å². The summed E-state index contributed by atoms with van der Waals surface area (Å²) in [6.45, 7) is 6.64. The molecule has 0 saturated carbocycles. The molecule has 0 radical (unpaired) electrons. The summed E-state index contributed by atoms with van der Waals surface area (Å²) in [4.78, 5) is 28.8. The van der Waals surface area contributed by atoms with Crippen molar-refractivity contribution in [3.05, 3.63) is 53.6 Å². The zero-order valence-electron chi connectivity index (χ0n) is 16.9. The van der Waals surface area contributed by atoms with Crippen LogP contribution in [0.1, 0.15) is 34.1 Å². The first kappa shape index (κ1) is 20.7. The van der Waals surface area contributed by atoms with Crippen LogP contribution in [-0.2, 0) is 0 Å². The van der Waals surface area contributed by atoms with Crippen molar-refractivity contribution in [2.45, 2.75) is 13.3 Å². The van der Waals surface area contributed by atoms with E-state index in [0.29, 0.717) is 22.7 Å². The predicted molar refractivity (Wildman–Crippen MR) is 113 cm³/mol. The minimum absolute atomic E-state index is 0.196. The van der Waals surface area contributed by atoms with Crippen molar-refractivity contribution in [2.24, 2.45) is 0 Å². The molecule has 1 aliphatic rings. The summed E-state index contributed by atoms with van der Waals surface area (Å²) in [6.07, 6.45) is 1.11. The van der Waals surface area contributed by atoms with Gasteiger partial charge in [0.1, 0.15) is 5.75 Å². The lowest BCUT2D eigenvalue weighted by Gasteiger charge is -2.36. The molecule has 0 spiro atoms. The molecule has 2 aromatic carbocycles. The molecule has 1 aliphatic heterocycles. The Hall–Kier alpha value is -3.06. The third-order valence-electron chi connectivity index (χ3n) is 5.09. The van der Waals surface area contributed by atoms with Gasteiger partial charge in [0.05, 0.1) is 18.4 Å². The summed E-state index contributed by atoms with van der Waals surface area (Å²) in [5.41, 5.74) is 1.81. The summed E-state index contributed by atoms with van der Waals surface area (Å²) in [5.74, 6) is -0.639. The molecule has 1 heterocycles. The lowest BCUT2D eigenvalue weighted by atomic mass is 10.1. The lowest BCUT2D eigenvalue weighted by Crippen LogP contribution is -2.47. The smallest absolute Gasteiger partial charge is 0.337 e. The molecular weight excluding hydrogens is 370 g/mol. The molecule has 2 N–H and O–H groups in total. The fraction of sp³-hybridized carbons (Fsp3) is 0.364. The lowest BCUT2D eigenvalue weighted by molar-refractivity contribution is 0.0697. The van der Waals surface area contributed by atoms with Gasteiger partial charge in [0.2, 0.25) is 0 Å². The van der Waals surface area contributed by atoms with Crippen LogP contribution in [0.4, 0.5) is 11.4 Å². The number of carbonyl (C=O) groups excluding carboxylic acids is 1. The highest BCUT2D eigenvalue weighted by Gasteiger charge is 2.21. The minimum atomic E-state index is -1.00. The summed E-state index contributed by atoms with van der Waals surface area (Å²) >= 11 is 0. The van der Waals surface area contributed by atoms with E-state index in [1.165, 1.54) is 6.07 Å². The van der Waals surface area contributed by atoms with E-state index < -0.39 is 5.97 Å². The van der Waals surface area contributed by atoms with Crippen LogP contribution < -0.4 is 15.0 Å². The van der Waals surface area contributed by atoms with Crippen LogP contribution in [0.2, 0.25) is 0 Å². The summed E-state index contributed by atoms with van der Waals surface area (Å²) in [5, 5.41) is 12.5. The Bertz CT molecular complexity index is 859. The van der Waals surface area contributed by atoms with Crippen LogP contribution in [0.5, 0.6) is 5.75 Å². The van der Waals surface area contributed by atoms with Crippen molar-refractivity contribution in [1.29, 1.82) is 0 Å². The van der Waals surface area contributed by atoms with Gasteiger partial charge in [-0.3, -0.25) is 9.69 Å². The maximum Gasteiger partial charge on any atom is 0.337 e. The van der Waals surface area contributed by atoms with Crippen molar-refractivity contribution in [1.82, 2.24) is 4.90 Å². The number of carboxylic acid groups (broad SMARTS) is 1. The zero-order valence-corrected chi connectivity index (χ0v) is 16.9. The molecule has 0 bridgehead atoms. The number of hydrogen-bond acceptors (Lipinski definition) is 5. The molecule has 1 amide bonds. The van der Waals surface area contributed by atoms with Crippen LogP contribution in [0.3, 0.4) is 0 Å². The Morgan fingerprint density at radius 1 is 1.07 bits per heavy atom. The molecule has 3 rings (SSSR count). The number of rotatable bonds is 7. The van der Waals surface area contributed by atoms with Gasteiger partial charge in [0.15, 0.2) is 0 Å². The van der Waals surface area contributed by atoms with Gasteiger partial charge in [-0.2, -0.15) is 0 Å². The standard InChI is InChI=1S/C22H27N3O4/c1-3-10-24-11-13-25(14-12-24)20-9-6-17(15-19(20)22(27)28)23-21(26)16-4-7-18(29-2)8-5-16/h4-9,15H,3,10-14H2,1-2H3,(H,23,26)(H,27,28). The van der Waals surface area contributed by atoms with E-state index in [0.717, 1.165) is 39.1 Å². The third-order valence-corrected chi connectivity index (χ3v) is 5.09. The number of hydrogen-bond donors (Lipinski definition) is 2. The SMILES string of the molecule is CCCN1CCN(c2ccc(NC(=O)c3ccc(OC)cc3)cc2C(=O)O)CC1. The van der Waals surface area contributed by atoms with Crippen molar-refractivity contribution in [3.63, 3.8) is 0 Å². The first-order valence-corrected chi connectivity index (χ1v) is 9.82. The third kappa shape index (κ3) is 5.06. The first-order valence-electron chi connectivity index (χ1n) is 9.82. The summed E-state index contributed by atoms with van der Waals surface area (Å²) < 4.78 is 5.10. The van der Waals surface area contributed by atoms with E-state index in [-0.39, 0.29) is 11.5 Å². The number of ether oxygens (including phenoxy) is 1. The molecule has 1 fully saturated rings. The predicted octanol–water partition coefficient (Wildman–Crippen LogP) is 3.18. The number of nitrogens with zero attached hydrogens (tertiary/aromatic N) is 2. The van der Waals surface area contributed by atoms with Crippen molar-refractivity contribution in [3.8, 4) is 5.75 Å². The summed E-state index contributed by atoms with van der Waals surface area (Å²) in [6, 6.07) is 11.8. The highest BCUT2D eigenvalue weighted by atomic mass is 16.5. The van der Waals surface area contributed by atoms with Gasteiger partial charge in [-0.25, -0.2) is 4.79 Å². The Morgan fingerprint density at radius 3 is 2.34 bits per heavy atom. The first-order chi connectivity index (χ1) is 14.0. The quantitative estimate of drug-likeness (QED) is 0.747. The average Bonchev–Trinajstić information content (AvgIpc) is 2.74. The van der Waals surface area contributed by atoms with Gasteiger partial charge in [0.25, 0.3) is 5.91 Å². The normalized spacial score (nSPS) is 14.5. The number of amides is 1. The van der Waals surface area contributed by atoms with Crippen molar-refractivity contribution >= 4 is 23.3 Å². The number of piperazine rings is 1. The molecule has 7 heteroatoms. The van der Waals surface area contributed by atoms with Gasteiger partial charge in [-0.05, 0) is 55.4 Å². The Labute approximate surface area is 170 Å². The monoisotopic (exact) mass is 397 g/mol. The maximum absolute atomic E-state index is 12.5. The Morgan fingerprint density at radius 2 is 1.76 bits per heavy atom. The van der Waals surface area contributed by atoms with E-state index in [1.807, 2.05) is 0 Å². The average molecular weight is 397 g/mol. The fourth-order valence-electron chi connectivity index (χ4n) is 3.54. The number of carbonyl (C=O) groups is 2. The second kappa shape index (κ2) is 9.43. The molecule has 0 aromatic heterocycles. The number of aromatic carboxylic acids is 1. The van der Waals surface area contributed by atoms with Crippen LogP contribution in [-0.4, -0.2) is 61.7 Å². The van der Waals surface area contributed by atoms with Gasteiger partial charge in [-0.1, -0.05) is 6.92 Å². The molecule has 7 nitrogen and oxygen atoms in total. The van der Waals surface area contributed by atoms with E-state index in [4.69, 9.17) is 4.74 Å². The van der Waals surface area contributed by atoms with E-state index in [2.05, 4.69) is 22.0 Å². The van der Waals surface area contributed by atoms with E-state index in [9.17, 15) is 14.7 Å². The molecule has 0 aliphatic carbocycles. The van der Waals surface area contributed by atoms with Gasteiger partial charge in [0, 0.05) is 37.4 Å². The molecule has 2 aromatic rings. The topological polar surface area (TPSA) is 82.1 Å². The van der Waals surface area contributed by atoms with Gasteiger partial charge >= 0.3 is 5.97 Å². The Balaban J connectivity index is 1.74. The van der Waals surface area contributed by atoms with Crippen LogP contribution in [0, 0.1) is 0 Å². The number of nitrogens with one attached hydrogen (secondary N) is 1. The van der Waals surface area contributed by atoms with Gasteiger partial charge in [-0.15, -0.1) is 0 Å². The molecule has 0 unspecified atom stereocenters. The second-order valence-corrected chi connectivity index (χ2v) is 7.05. The second-order valence-electron chi connectivity index (χ2n) is 7.05. The largest absolute Gasteiger partial charge is 0.497 e. The molecule has 0 atom stereocenters. The van der Waals surface area contributed by atoms with Crippen LogP contribution in [0.25, 0.3) is 0 Å².